The van der Waals surface area contributed by atoms with Crippen LogP contribution in [0.1, 0.15) is 22.3 Å². The summed E-state index contributed by atoms with van der Waals surface area (Å²) in [5.41, 5.74) is 4.21. The Balaban J connectivity index is 1.36. The lowest BCUT2D eigenvalue weighted by Gasteiger charge is -2.11. The molecule has 1 aliphatic heterocycles. The van der Waals surface area contributed by atoms with Gasteiger partial charge in [-0.15, -0.1) is 5.10 Å². The molecule has 0 radical (unpaired) electrons. The number of benzene rings is 3. The molecule has 1 N–H and O–H groups in total. The lowest BCUT2D eigenvalue weighted by Crippen LogP contribution is -2.25. The van der Waals surface area contributed by atoms with E-state index in [1.54, 1.807) is 13.3 Å². The third kappa shape index (κ3) is 6.23. The summed E-state index contributed by atoms with van der Waals surface area (Å²) in [5.74, 6) is 1.23. The van der Waals surface area contributed by atoms with Gasteiger partial charge in [-0.25, -0.2) is 0 Å². The predicted molar refractivity (Wildman–Crippen MR) is 133 cm³/mol. The number of nitrogens with zero attached hydrogens (tertiary/aromatic N) is 2. The molecule has 3 aromatic rings. The van der Waals surface area contributed by atoms with Crippen LogP contribution in [0.5, 0.6) is 11.5 Å². The van der Waals surface area contributed by atoms with Gasteiger partial charge in [0.1, 0.15) is 6.61 Å². The van der Waals surface area contributed by atoms with Gasteiger partial charge in [0.05, 0.1) is 18.6 Å². The molecule has 7 heteroatoms. The summed E-state index contributed by atoms with van der Waals surface area (Å²) < 4.78 is 11.4. The lowest BCUT2D eigenvalue weighted by molar-refractivity contribution is -0.118. The summed E-state index contributed by atoms with van der Waals surface area (Å²) >= 11 is 1.40. The SMILES string of the molecule is COc1cc(/C=N/N=C2\NC(=O)C(Cc3cccc(C)c3)S2)ccc1OCc1ccccc1. The van der Waals surface area contributed by atoms with E-state index in [1.165, 1.54) is 17.3 Å². The fraction of sp³-hybridized carbons (Fsp3) is 0.192. The van der Waals surface area contributed by atoms with E-state index in [1.807, 2.05) is 73.7 Å². The van der Waals surface area contributed by atoms with Gasteiger partial charge in [0, 0.05) is 0 Å². The van der Waals surface area contributed by atoms with Gasteiger partial charge in [0.25, 0.3) is 0 Å². The minimum absolute atomic E-state index is 0.0444. The number of nitrogens with one attached hydrogen (secondary N) is 1. The van der Waals surface area contributed by atoms with Crippen molar-refractivity contribution >= 4 is 29.1 Å². The number of hydrogen-bond donors (Lipinski definition) is 1. The molecule has 1 heterocycles. The van der Waals surface area contributed by atoms with Crippen LogP contribution in [0.3, 0.4) is 0 Å². The van der Waals surface area contributed by atoms with Gasteiger partial charge in [0.2, 0.25) is 5.91 Å². The molecular weight excluding hydrogens is 434 g/mol. The van der Waals surface area contributed by atoms with Crippen LogP contribution in [0.15, 0.2) is 83.0 Å². The molecule has 1 unspecified atom stereocenters. The highest BCUT2D eigenvalue weighted by molar-refractivity contribution is 8.15. The van der Waals surface area contributed by atoms with Crippen molar-refractivity contribution in [2.75, 3.05) is 7.11 Å². The number of methoxy groups -OCH3 is 1. The van der Waals surface area contributed by atoms with E-state index in [0.29, 0.717) is 29.7 Å². The van der Waals surface area contributed by atoms with Crippen LogP contribution in [0.4, 0.5) is 0 Å². The second kappa shape index (κ2) is 10.8. The first-order valence-electron chi connectivity index (χ1n) is 10.6. The molecule has 3 aromatic carbocycles. The summed E-state index contributed by atoms with van der Waals surface area (Å²) in [5, 5.41) is 11.4. The van der Waals surface area contributed by atoms with Crippen molar-refractivity contribution < 1.29 is 14.3 Å². The fourth-order valence-electron chi connectivity index (χ4n) is 3.41. The van der Waals surface area contributed by atoms with E-state index < -0.39 is 0 Å². The van der Waals surface area contributed by atoms with Crippen molar-refractivity contribution in [3.63, 3.8) is 0 Å². The topological polar surface area (TPSA) is 72.3 Å². The highest BCUT2D eigenvalue weighted by Gasteiger charge is 2.30. The summed E-state index contributed by atoms with van der Waals surface area (Å²) in [6.45, 7) is 2.50. The molecule has 1 aliphatic rings. The first-order valence-corrected chi connectivity index (χ1v) is 11.5. The Bertz CT molecular complexity index is 1180. The number of carbonyl (C=O) groups excluding carboxylic acids is 1. The Hall–Kier alpha value is -3.58. The zero-order valence-corrected chi connectivity index (χ0v) is 19.3. The van der Waals surface area contributed by atoms with Crippen LogP contribution >= 0.6 is 11.8 Å². The zero-order chi connectivity index (χ0) is 23.0. The van der Waals surface area contributed by atoms with Crippen LogP contribution in [-0.2, 0) is 17.8 Å². The number of aryl methyl sites for hydroxylation is 1. The molecule has 168 valence electrons. The fourth-order valence-corrected chi connectivity index (χ4v) is 4.37. The van der Waals surface area contributed by atoms with Crippen LogP contribution < -0.4 is 14.8 Å². The standard InChI is InChI=1S/C26H25N3O3S/c1-18-7-6-10-20(13-18)15-24-25(30)28-26(33-24)29-27-16-21-11-12-22(23(14-21)31-2)32-17-19-8-4-3-5-9-19/h3-14,16,24H,15,17H2,1-2H3,(H,28,29,30)/b27-16+. The Labute approximate surface area is 197 Å². The van der Waals surface area contributed by atoms with E-state index in [4.69, 9.17) is 9.47 Å². The van der Waals surface area contributed by atoms with E-state index in [2.05, 4.69) is 21.6 Å². The first-order chi connectivity index (χ1) is 16.1. The van der Waals surface area contributed by atoms with Gasteiger partial charge in [-0.1, -0.05) is 71.9 Å². The molecule has 4 rings (SSSR count). The van der Waals surface area contributed by atoms with Crippen molar-refractivity contribution in [1.29, 1.82) is 0 Å². The number of carbonyl (C=O) groups is 1. The quantitative estimate of drug-likeness (QED) is 0.390. The highest BCUT2D eigenvalue weighted by Crippen LogP contribution is 2.28. The van der Waals surface area contributed by atoms with Crippen LogP contribution in [0, 0.1) is 6.92 Å². The largest absolute Gasteiger partial charge is 0.493 e. The van der Waals surface area contributed by atoms with Gasteiger partial charge in [-0.05, 0) is 48.2 Å². The molecule has 33 heavy (non-hydrogen) atoms. The molecule has 1 saturated heterocycles. The number of amides is 1. The summed E-state index contributed by atoms with van der Waals surface area (Å²) in [6, 6.07) is 23.7. The third-order valence-corrected chi connectivity index (χ3v) is 6.13. The molecule has 0 aromatic heterocycles. The van der Waals surface area contributed by atoms with E-state index in [9.17, 15) is 4.79 Å². The normalized spacial score (nSPS) is 16.8. The number of rotatable bonds is 8. The average Bonchev–Trinajstić information content (AvgIpc) is 3.17. The molecule has 1 amide bonds. The van der Waals surface area contributed by atoms with Gasteiger partial charge < -0.3 is 14.8 Å². The maximum Gasteiger partial charge on any atom is 0.239 e. The Kier molecular flexibility index (Phi) is 7.42. The molecule has 1 atom stereocenters. The molecule has 0 aliphatic carbocycles. The summed E-state index contributed by atoms with van der Waals surface area (Å²) in [6.07, 6.45) is 2.28. The van der Waals surface area contributed by atoms with Crippen LogP contribution in [0.25, 0.3) is 0 Å². The summed E-state index contributed by atoms with van der Waals surface area (Å²) in [7, 11) is 1.60. The van der Waals surface area contributed by atoms with Gasteiger partial charge >= 0.3 is 0 Å². The molecular formula is C26H25N3O3S. The van der Waals surface area contributed by atoms with Gasteiger partial charge in [-0.2, -0.15) is 5.10 Å². The molecule has 0 bridgehead atoms. The van der Waals surface area contributed by atoms with E-state index in [-0.39, 0.29) is 11.2 Å². The lowest BCUT2D eigenvalue weighted by atomic mass is 10.1. The zero-order valence-electron chi connectivity index (χ0n) is 18.5. The predicted octanol–water partition coefficient (Wildman–Crippen LogP) is 4.75. The van der Waals surface area contributed by atoms with E-state index >= 15 is 0 Å². The van der Waals surface area contributed by atoms with Gasteiger partial charge in [-0.3, -0.25) is 4.79 Å². The van der Waals surface area contributed by atoms with E-state index in [0.717, 1.165) is 16.7 Å². The van der Waals surface area contributed by atoms with Crippen molar-refractivity contribution in [1.82, 2.24) is 5.32 Å². The maximum absolute atomic E-state index is 12.3. The minimum Gasteiger partial charge on any atom is -0.493 e. The smallest absolute Gasteiger partial charge is 0.239 e. The number of ether oxygens (including phenoxy) is 2. The monoisotopic (exact) mass is 459 g/mol. The van der Waals surface area contributed by atoms with Crippen LogP contribution in [0.2, 0.25) is 0 Å². The molecule has 0 spiro atoms. The Morgan fingerprint density at radius 2 is 1.82 bits per heavy atom. The molecule has 6 nitrogen and oxygen atoms in total. The number of hydrogen-bond acceptors (Lipinski definition) is 6. The second-order valence-electron chi connectivity index (χ2n) is 7.62. The average molecular weight is 460 g/mol. The Morgan fingerprint density at radius 3 is 2.61 bits per heavy atom. The Morgan fingerprint density at radius 1 is 1.00 bits per heavy atom. The summed E-state index contributed by atoms with van der Waals surface area (Å²) in [4.78, 5) is 12.3. The molecule has 0 saturated carbocycles. The van der Waals surface area contributed by atoms with Crippen molar-refractivity contribution in [3.05, 3.63) is 95.1 Å². The number of thioether (sulfide) groups is 1. The first kappa shape index (κ1) is 22.6. The maximum atomic E-state index is 12.3. The molecule has 1 fully saturated rings. The van der Waals surface area contributed by atoms with Crippen molar-refractivity contribution in [3.8, 4) is 11.5 Å². The van der Waals surface area contributed by atoms with Crippen LogP contribution in [-0.4, -0.2) is 29.6 Å². The minimum atomic E-state index is -0.207. The van der Waals surface area contributed by atoms with Crippen molar-refractivity contribution in [2.24, 2.45) is 10.2 Å². The van der Waals surface area contributed by atoms with Crippen molar-refractivity contribution in [2.45, 2.75) is 25.2 Å². The highest BCUT2D eigenvalue weighted by atomic mass is 32.2. The number of amidine groups is 1. The second-order valence-corrected chi connectivity index (χ2v) is 8.81. The third-order valence-electron chi connectivity index (χ3n) is 5.06. The van der Waals surface area contributed by atoms with Gasteiger partial charge in [0.15, 0.2) is 16.7 Å².